The summed E-state index contributed by atoms with van der Waals surface area (Å²) < 4.78 is 0. The van der Waals surface area contributed by atoms with Crippen molar-refractivity contribution in [2.45, 2.75) is 55.9 Å². The van der Waals surface area contributed by atoms with E-state index in [4.69, 9.17) is 5.73 Å². The molecule has 0 radical (unpaired) electrons. The van der Waals surface area contributed by atoms with E-state index in [1.165, 1.54) is 0 Å². The maximum Gasteiger partial charge on any atom is 0.315 e. The van der Waals surface area contributed by atoms with Crippen LogP contribution in [0.25, 0.3) is 0 Å². The third-order valence-corrected chi connectivity index (χ3v) is 5.54. The molecule has 3 unspecified atom stereocenters. The van der Waals surface area contributed by atoms with Crippen molar-refractivity contribution in [2.24, 2.45) is 5.73 Å². The Balaban J connectivity index is 1.52. The SMILES string of the molecule is NCCCCNC(=O)CCCCC1SCC2NC(=O)NC21. The number of unbranched alkanes of at least 4 members (excludes halogenated alkanes) is 2. The highest BCUT2D eigenvalue weighted by Gasteiger charge is 2.42. The number of urea groups is 1. The highest BCUT2D eigenvalue weighted by atomic mass is 32.2. The molecule has 2 fully saturated rings. The van der Waals surface area contributed by atoms with Crippen LogP contribution in [0.5, 0.6) is 0 Å². The molecule has 6 nitrogen and oxygen atoms in total. The Kier molecular flexibility index (Phi) is 6.63. The van der Waals surface area contributed by atoms with Gasteiger partial charge in [-0.2, -0.15) is 11.8 Å². The number of thioether (sulfide) groups is 1. The second kappa shape index (κ2) is 8.48. The van der Waals surface area contributed by atoms with Gasteiger partial charge in [-0.1, -0.05) is 6.42 Å². The highest BCUT2D eigenvalue weighted by molar-refractivity contribution is 8.00. The smallest absolute Gasteiger partial charge is 0.315 e. The number of hydrogen-bond acceptors (Lipinski definition) is 4. The first-order valence-corrected chi connectivity index (χ1v) is 8.91. The van der Waals surface area contributed by atoms with Crippen molar-refractivity contribution in [1.29, 1.82) is 0 Å². The van der Waals surface area contributed by atoms with Gasteiger partial charge in [-0.15, -0.1) is 0 Å². The van der Waals surface area contributed by atoms with Crippen LogP contribution in [-0.2, 0) is 4.79 Å². The van der Waals surface area contributed by atoms with E-state index in [1.807, 2.05) is 11.8 Å². The molecule has 0 bridgehead atoms. The second-order valence-electron chi connectivity index (χ2n) is 5.71. The maximum absolute atomic E-state index is 11.6. The summed E-state index contributed by atoms with van der Waals surface area (Å²) in [6, 6.07) is 0.526. The predicted molar refractivity (Wildman–Crippen MR) is 85.3 cm³/mol. The average molecular weight is 314 g/mol. The largest absolute Gasteiger partial charge is 0.356 e. The fraction of sp³-hybridized carbons (Fsp3) is 0.857. The Hall–Kier alpha value is -0.950. The number of nitrogens with two attached hydrogens (primary N) is 1. The van der Waals surface area contributed by atoms with Crippen LogP contribution in [0.1, 0.15) is 38.5 Å². The van der Waals surface area contributed by atoms with Gasteiger partial charge in [-0.25, -0.2) is 4.79 Å². The summed E-state index contributed by atoms with van der Waals surface area (Å²) in [5, 5.41) is 9.35. The Morgan fingerprint density at radius 2 is 2.14 bits per heavy atom. The van der Waals surface area contributed by atoms with Crippen molar-refractivity contribution in [3.05, 3.63) is 0 Å². The average Bonchev–Trinajstić information content (AvgIpc) is 2.99. The Bertz CT molecular complexity index is 367. The molecular formula is C14H26N4O2S. The van der Waals surface area contributed by atoms with Crippen LogP contribution < -0.4 is 21.7 Å². The normalized spacial score (nSPS) is 27.1. The van der Waals surface area contributed by atoms with E-state index in [2.05, 4.69) is 16.0 Å². The molecule has 21 heavy (non-hydrogen) atoms. The topological polar surface area (TPSA) is 96.2 Å². The summed E-state index contributed by atoms with van der Waals surface area (Å²) in [7, 11) is 0. The molecule has 0 saturated carbocycles. The first-order chi connectivity index (χ1) is 10.2. The standard InChI is InChI=1S/C14H26N4O2S/c15-7-3-4-8-16-12(19)6-2-1-5-11-13-10(9-21-11)17-14(20)18-13/h10-11,13H,1-9,15H2,(H,16,19)(H2,17,18,20). The number of carbonyl (C=O) groups is 2. The summed E-state index contributed by atoms with van der Waals surface area (Å²) in [5.74, 6) is 1.13. The van der Waals surface area contributed by atoms with Gasteiger partial charge < -0.3 is 21.7 Å². The van der Waals surface area contributed by atoms with Gasteiger partial charge in [-0.05, 0) is 32.2 Å². The van der Waals surface area contributed by atoms with Gasteiger partial charge in [0.2, 0.25) is 5.91 Å². The van der Waals surface area contributed by atoms with Crippen LogP contribution in [0.2, 0.25) is 0 Å². The monoisotopic (exact) mass is 314 g/mol. The summed E-state index contributed by atoms with van der Waals surface area (Å²) in [5.41, 5.74) is 5.40. The zero-order valence-electron chi connectivity index (χ0n) is 12.4. The molecule has 7 heteroatoms. The van der Waals surface area contributed by atoms with Gasteiger partial charge in [0.05, 0.1) is 12.1 Å². The van der Waals surface area contributed by atoms with Gasteiger partial charge in [0.1, 0.15) is 0 Å². The van der Waals surface area contributed by atoms with Crippen LogP contribution >= 0.6 is 11.8 Å². The first kappa shape index (κ1) is 16.4. The van der Waals surface area contributed by atoms with Gasteiger partial charge in [0.25, 0.3) is 0 Å². The molecule has 2 saturated heterocycles. The molecule has 0 aliphatic carbocycles. The Labute approximate surface area is 130 Å². The van der Waals surface area contributed by atoms with E-state index in [1.54, 1.807) is 0 Å². The van der Waals surface area contributed by atoms with E-state index in [0.29, 0.717) is 24.3 Å². The van der Waals surface area contributed by atoms with Crippen LogP contribution in [0.4, 0.5) is 4.79 Å². The summed E-state index contributed by atoms with van der Waals surface area (Å²) in [6.45, 7) is 1.42. The summed E-state index contributed by atoms with van der Waals surface area (Å²) in [4.78, 5) is 22.9. The van der Waals surface area contributed by atoms with Crippen molar-refractivity contribution >= 4 is 23.7 Å². The number of carbonyl (C=O) groups excluding carboxylic acids is 2. The van der Waals surface area contributed by atoms with Crippen molar-refractivity contribution in [1.82, 2.24) is 16.0 Å². The third kappa shape index (κ3) is 5.07. The minimum atomic E-state index is -0.0350. The molecule has 2 rings (SSSR count). The molecule has 2 aliphatic rings. The molecule has 2 heterocycles. The number of fused-ring (bicyclic) bond motifs is 1. The van der Waals surface area contributed by atoms with Crippen LogP contribution in [0.15, 0.2) is 0 Å². The highest BCUT2D eigenvalue weighted by Crippen LogP contribution is 2.33. The molecule has 2 aliphatic heterocycles. The van der Waals surface area contributed by atoms with Crippen LogP contribution in [0, 0.1) is 0 Å². The lowest BCUT2D eigenvalue weighted by molar-refractivity contribution is -0.121. The third-order valence-electron chi connectivity index (χ3n) is 4.03. The quantitative estimate of drug-likeness (QED) is 0.369. The first-order valence-electron chi connectivity index (χ1n) is 7.86. The number of hydrogen-bond donors (Lipinski definition) is 4. The van der Waals surface area contributed by atoms with Crippen molar-refractivity contribution in [2.75, 3.05) is 18.8 Å². The van der Waals surface area contributed by atoms with E-state index >= 15 is 0 Å². The fourth-order valence-electron chi connectivity index (χ4n) is 2.86. The molecule has 0 aromatic carbocycles. The number of rotatable bonds is 9. The van der Waals surface area contributed by atoms with Crippen LogP contribution in [-0.4, -0.2) is 48.1 Å². The molecule has 0 spiro atoms. The second-order valence-corrected chi connectivity index (χ2v) is 6.99. The Morgan fingerprint density at radius 1 is 1.29 bits per heavy atom. The van der Waals surface area contributed by atoms with E-state index < -0.39 is 0 Å². The zero-order chi connectivity index (χ0) is 15.1. The minimum absolute atomic E-state index is 0.0350. The van der Waals surface area contributed by atoms with Crippen molar-refractivity contribution in [3.8, 4) is 0 Å². The molecule has 0 aromatic heterocycles. The molecule has 5 N–H and O–H groups in total. The van der Waals surface area contributed by atoms with Gasteiger partial charge in [-0.3, -0.25) is 4.79 Å². The molecular weight excluding hydrogens is 288 g/mol. The minimum Gasteiger partial charge on any atom is -0.356 e. The van der Waals surface area contributed by atoms with Gasteiger partial charge in [0.15, 0.2) is 0 Å². The van der Waals surface area contributed by atoms with Crippen molar-refractivity contribution in [3.63, 3.8) is 0 Å². The van der Waals surface area contributed by atoms with Crippen molar-refractivity contribution < 1.29 is 9.59 Å². The lowest BCUT2D eigenvalue weighted by atomic mass is 10.0. The number of amides is 3. The maximum atomic E-state index is 11.6. The molecule has 0 aromatic rings. The Morgan fingerprint density at radius 3 is 2.95 bits per heavy atom. The summed E-state index contributed by atoms with van der Waals surface area (Å²) >= 11 is 1.93. The zero-order valence-corrected chi connectivity index (χ0v) is 13.2. The summed E-state index contributed by atoms with van der Waals surface area (Å²) in [6.07, 6.45) is 5.52. The fourth-order valence-corrected chi connectivity index (χ4v) is 4.40. The molecule has 3 amide bonds. The van der Waals surface area contributed by atoms with E-state index in [9.17, 15) is 9.59 Å². The van der Waals surface area contributed by atoms with E-state index in [0.717, 1.165) is 44.4 Å². The lowest BCUT2D eigenvalue weighted by Crippen LogP contribution is -2.36. The van der Waals surface area contributed by atoms with Gasteiger partial charge >= 0.3 is 6.03 Å². The molecule has 120 valence electrons. The molecule has 3 atom stereocenters. The lowest BCUT2D eigenvalue weighted by Gasteiger charge is -2.16. The van der Waals surface area contributed by atoms with Gasteiger partial charge in [0, 0.05) is 24.0 Å². The number of nitrogens with one attached hydrogen (secondary N) is 3. The van der Waals surface area contributed by atoms with Crippen LogP contribution in [0.3, 0.4) is 0 Å². The van der Waals surface area contributed by atoms with E-state index in [-0.39, 0.29) is 18.0 Å². The predicted octanol–water partition coefficient (Wildman–Crippen LogP) is 0.567.